The molecule has 1 saturated carbocycles. The third-order valence-corrected chi connectivity index (χ3v) is 4.53. The number of hydrogen-bond acceptors (Lipinski definition) is 4. The van der Waals surface area contributed by atoms with E-state index in [0.717, 1.165) is 32.4 Å². The van der Waals surface area contributed by atoms with Crippen LogP contribution >= 0.6 is 0 Å². The van der Waals surface area contributed by atoms with Gasteiger partial charge in [0.25, 0.3) is 0 Å². The van der Waals surface area contributed by atoms with Crippen molar-refractivity contribution in [2.75, 3.05) is 19.6 Å². The topological polar surface area (TPSA) is 70.7 Å². The summed E-state index contributed by atoms with van der Waals surface area (Å²) in [7, 11) is 0. The first-order chi connectivity index (χ1) is 11.2. The Morgan fingerprint density at radius 1 is 1.25 bits per heavy atom. The molecule has 0 aromatic rings. The Hall–Kier alpha value is -1.30. The highest BCUT2D eigenvalue weighted by Gasteiger charge is 2.32. The molecule has 1 aliphatic carbocycles. The summed E-state index contributed by atoms with van der Waals surface area (Å²) in [6, 6.07) is 0.376. The van der Waals surface area contributed by atoms with Gasteiger partial charge in [0.1, 0.15) is 5.60 Å². The summed E-state index contributed by atoms with van der Waals surface area (Å²) < 4.78 is 5.49. The molecule has 1 saturated heterocycles. The highest BCUT2D eigenvalue weighted by molar-refractivity contribution is 5.78. The Bertz CT molecular complexity index is 443. The van der Waals surface area contributed by atoms with Gasteiger partial charge in [-0.2, -0.15) is 0 Å². The molecule has 138 valence electrons. The third kappa shape index (κ3) is 6.67. The number of carbonyl (C=O) groups excluding carboxylic acids is 2. The van der Waals surface area contributed by atoms with E-state index in [0.29, 0.717) is 12.5 Å². The van der Waals surface area contributed by atoms with Crippen LogP contribution in [0.1, 0.15) is 59.8 Å². The van der Waals surface area contributed by atoms with Crippen molar-refractivity contribution in [1.82, 2.24) is 15.5 Å². The molecule has 6 heteroatoms. The Labute approximate surface area is 145 Å². The molecule has 2 amide bonds. The minimum atomic E-state index is -0.465. The van der Waals surface area contributed by atoms with E-state index in [9.17, 15) is 9.59 Å². The molecule has 0 aromatic heterocycles. The minimum absolute atomic E-state index is 0.0594. The molecule has 1 heterocycles. The van der Waals surface area contributed by atoms with Gasteiger partial charge >= 0.3 is 6.09 Å². The van der Waals surface area contributed by atoms with Crippen molar-refractivity contribution >= 4 is 12.0 Å². The summed E-state index contributed by atoms with van der Waals surface area (Å²) in [5.41, 5.74) is -0.465. The Morgan fingerprint density at radius 2 is 1.96 bits per heavy atom. The van der Waals surface area contributed by atoms with Gasteiger partial charge in [-0.15, -0.1) is 0 Å². The second kappa shape index (κ2) is 8.19. The van der Waals surface area contributed by atoms with E-state index >= 15 is 0 Å². The molecule has 24 heavy (non-hydrogen) atoms. The maximum Gasteiger partial charge on any atom is 0.410 e. The fourth-order valence-corrected chi connectivity index (χ4v) is 3.04. The van der Waals surface area contributed by atoms with Gasteiger partial charge in [-0.3, -0.25) is 4.79 Å². The molecule has 2 unspecified atom stereocenters. The molecular weight excluding hydrogens is 306 g/mol. The normalized spacial score (nSPS) is 22.3. The monoisotopic (exact) mass is 339 g/mol. The third-order valence-electron chi connectivity index (χ3n) is 4.53. The lowest BCUT2D eigenvalue weighted by Gasteiger charge is -2.30. The molecule has 0 aromatic carbocycles. The zero-order chi connectivity index (χ0) is 17.7. The molecule has 1 aliphatic heterocycles. The summed E-state index contributed by atoms with van der Waals surface area (Å²) in [5, 5.41) is 6.23. The van der Waals surface area contributed by atoms with Crippen LogP contribution in [-0.4, -0.2) is 54.2 Å². The Morgan fingerprint density at radius 3 is 2.58 bits per heavy atom. The average molecular weight is 339 g/mol. The predicted molar refractivity (Wildman–Crippen MR) is 93.8 cm³/mol. The lowest BCUT2D eigenvalue weighted by molar-refractivity contribution is -0.120. The lowest BCUT2D eigenvalue weighted by atomic mass is 10.1. The zero-order valence-corrected chi connectivity index (χ0v) is 15.6. The van der Waals surface area contributed by atoms with Crippen LogP contribution in [0.2, 0.25) is 0 Å². The van der Waals surface area contributed by atoms with Gasteiger partial charge in [0, 0.05) is 25.2 Å². The molecule has 2 atom stereocenters. The van der Waals surface area contributed by atoms with Crippen LogP contribution in [0.25, 0.3) is 0 Å². The average Bonchev–Trinajstić information content (AvgIpc) is 3.19. The van der Waals surface area contributed by atoms with Gasteiger partial charge in [-0.25, -0.2) is 4.79 Å². The highest BCUT2D eigenvalue weighted by atomic mass is 16.6. The summed E-state index contributed by atoms with van der Waals surface area (Å²) in [5.74, 6) is 0.761. The van der Waals surface area contributed by atoms with Crippen LogP contribution < -0.4 is 10.6 Å². The smallest absolute Gasteiger partial charge is 0.410 e. The first kappa shape index (κ1) is 19.0. The Balaban J connectivity index is 1.70. The molecule has 0 bridgehead atoms. The summed E-state index contributed by atoms with van der Waals surface area (Å²) >= 11 is 0. The van der Waals surface area contributed by atoms with Gasteiger partial charge in [0.05, 0.1) is 6.54 Å². The standard InChI is InChI=1S/C18H33N3O3/c1-13(19-12-16(22)20-11-14-7-8-14)10-15-6-5-9-21(15)17(23)24-18(2,3)4/h13-15,19H,5-12H2,1-4H3,(H,20,22). The summed E-state index contributed by atoms with van der Waals surface area (Å²) in [6.45, 7) is 9.64. The first-order valence-corrected chi connectivity index (χ1v) is 9.24. The van der Waals surface area contributed by atoms with Gasteiger partial charge in [-0.1, -0.05) is 0 Å². The maximum absolute atomic E-state index is 12.3. The zero-order valence-electron chi connectivity index (χ0n) is 15.6. The number of nitrogens with zero attached hydrogens (tertiary/aromatic N) is 1. The molecule has 6 nitrogen and oxygen atoms in total. The van der Waals surface area contributed by atoms with Crippen LogP contribution in [-0.2, 0) is 9.53 Å². The maximum atomic E-state index is 12.3. The molecule has 2 aliphatic rings. The molecule has 2 N–H and O–H groups in total. The van der Waals surface area contributed by atoms with E-state index in [1.54, 1.807) is 0 Å². The second-order valence-electron chi connectivity index (χ2n) is 8.23. The van der Waals surface area contributed by atoms with Crippen LogP contribution in [0.3, 0.4) is 0 Å². The number of ether oxygens (including phenoxy) is 1. The Kier molecular flexibility index (Phi) is 6.49. The predicted octanol–water partition coefficient (Wildman–Crippen LogP) is 2.28. The number of amides is 2. The van der Waals surface area contributed by atoms with E-state index in [1.165, 1.54) is 12.8 Å². The minimum Gasteiger partial charge on any atom is -0.444 e. The molecule has 2 fully saturated rings. The number of rotatable bonds is 7. The molecule has 2 rings (SSSR count). The van der Waals surface area contributed by atoms with E-state index in [2.05, 4.69) is 17.6 Å². The summed E-state index contributed by atoms with van der Waals surface area (Å²) in [6.07, 6.45) is 5.12. The van der Waals surface area contributed by atoms with Crippen molar-refractivity contribution in [1.29, 1.82) is 0 Å². The van der Waals surface area contributed by atoms with Crippen LogP contribution in [0, 0.1) is 5.92 Å². The quantitative estimate of drug-likeness (QED) is 0.746. The van der Waals surface area contributed by atoms with E-state index in [4.69, 9.17) is 4.74 Å². The largest absolute Gasteiger partial charge is 0.444 e. The van der Waals surface area contributed by atoms with Gasteiger partial charge in [0.2, 0.25) is 5.91 Å². The highest BCUT2D eigenvalue weighted by Crippen LogP contribution is 2.27. The van der Waals surface area contributed by atoms with Crippen molar-refractivity contribution in [3.8, 4) is 0 Å². The number of nitrogens with one attached hydrogen (secondary N) is 2. The molecule has 0 spiro atoms. The van der Waals surface area contributed by atoms with Crippen molar-refractivity contribution < 1.29 is 14.3 Å². The van der Waals surface area contributed by atoms with Gasteiger partial charge < -0.3 is 20.3 Å². The van der Waals surface area contributed by atoms with E-state index in [-0.39, 0.29) is 24.1 Å². The van der Waals surface area contributed by atoms with Crippen molar-refractivity contribution in [3.05, 3.63) is 0 Å². The fourth-order valence-electron chi connectivity index (χ4n) is 3.04. The lowest BCUT2D eigenvalue weighted by Crippen LogP contribution is -2.44. The number of likely N-dealkylation sites (tertiary alicyclic amines) is 1. The van der Waals surface area contributed by atoms with Gasteiger partial charge in [-0.05, 0) is 65.7 Å². The van der Waals surface area contributed by atoms with Crippen molar-refractivity contribution in [3.63, 3.8) is 0 Å². The van der Waals surface area contributed by atoms with E-state index in [1.807, 2.05) is 25.7 Å². The van der Waals surface area contributed by atoms with Crippen molar-refractivity contribution in [2.45, 2.75) is 77.5 Å². The molecule has 0 radical (unpaired) electrons. The van der Waals surface area contributed by atoms with Crippen LogP contribution in [0.4, 0.5) is 4.79 Å². The van der Waals surface area contributed by atoms with Crippen molar-refractivity contribution in [2.24, 2.45) is 5.92 Å². The SMILES string of the molecule is CC(CC1CCCN1C(=O)OC(C)(C)C)NCC(=O)NCC1CC1. The van der Waals surface area contributed by atoms with Gasteiger partial charge in [0.15, 0.2) is 0 Å². The molecular formula is C18H33N3O3. The van der Waals surface area contributed by atoms with Crippen LogP contribution in [0.5, 0.6) is 0 Å². The fraction of sp³-hybridized carbons (Fsp3) is 0.889. The second-order valence-corrected chi connectivity index (χ2v) is 8.23. The summed E-state index contributed by atoms with van der Waals surface area (Å²) in [4.78, 5) is 25.9. The number of carbonyl (C=O) groups is 2. The number of hydrogen-bond donors (Lipinski definition) is 2. The van der Waals surface area contributed by atoms with E-state index < -0.39 is 5.60 Å². The van der Waals surface area contributed by atoms with Crippen LogP contribution in [0.15, 0.2) is 0 Å². The first-order valence-electron chi connectivity index (χ1n) is 9.24.